The highest BCUT2D eigenvalue weighted by Gasteiger charge is 2.33. The standard InChI is InChI=1S/C26H29NO2/c1-17(9-7-12-18-10-5-4-6-11-18)19-15-22-20(16-24(19)29)25-21(26(2,3)27-22)13-8-14-23(25)28/h4-6,8,10-11,13-17,27-29H,7,9,12H2,1-3H3. The molecule has 0 aromatic heterocycles. The van der Waals surface area contributed by atoms with E-state index in [9.17, 15) is 10.2 Å². The van der Waals surface area contributed by atoms with E-state index in [4.69, 9.17) is 0 Å². The van der Waals surface area contributed by atoms with Crippen molar-refractivity contribution >= 4 is 5.69 Å². The molecule has 1 aliphatic heterocycles. The van der Waals surface area contributed by atoms with E-state index >= 15 is 0 Å². The van der Waals surface area contributed by atoms with E-state index in [1.807, 2.05) is 18.2 Å². The number of rotatable bonds is 5. The van der Waals surface area contributed by atoms with E-state index in [-0.39, 0.29) is 17.2 Å². The Bertz CT molecular complexity index is 1020. The van der Waals surface area contributed by atoms with Crippen LogP contribution in [-0.2, 0) is 12.0 Å². The molecule has 0 bridgehead atoms. The predicted molar refractivity (Wildman–Crippen MR) is 120 cm³/mol. The second-order valence-corrected chi connectivity index (χ2v) is 8.69. The molecule has 0 saturated heterocycles. The number of aromatic hydroxyl groups is 2. The maximum absolute atomic E-state index is 10.8. The minimum Gasteiger partial charge on any atom is -0.508 e. The fraction of sp³-hybridized carbons (Fsp3) is 0.308. The van der Waals surface area contributed by atoms with Crippen LogP contribution in [0.5, 0.6) is 11.5 Å². The predicted octanol–water partition coefficient (Wildman–Crippen LogP) is 6.55. The minimum absolute atomic E-state index is 0.250. The highest BCUT2D eigenvalue weighted by molar-refractivity contribution is 5.89. The number of aryl methyl sites for hydroxylation is 1. The maximum atomic E-state index is 10.8. The van der Waals surface area contributed by atoms with Crippen LogP contribution in [0.15, 0.2) is 60.7 Å². The van der Waals surface area contributed by atoms with E-state index < -0.39 is 0 Å². The Kier molecular flexibility index (Phi) is 4.99. The molecule has 0 radical (unpaired) electrons. The van der Waals surface area contributed by atoms with Crippen molar-refractivity contribution in [2.24, 2.45) is 0 Å². The Morgan fingerprint density at radius 1 is 0.931 bits per heavy atom. The third kappa shape index (κ3) is 3.69. The molecular weight excluding hydrogens is 358 g/mol. The zero-order chi connectivity index (χ0) is 20.6. The number of fused-ring (bicyclic) bond motifs is 3. The summed E-state index contributed by atoms with van der Waals surface area (Å²) in [6.45, 7) is 6.40. The maximum Gasteiger partial charge on any atom is 0.123 e. The Labute approximate surface area is 173 Å². The quantitative estimate of drug-likeness (QED) is 0.435. The molecule has 1 aliphatic rings. The van der Waals surface area contributed by atoms with E-state index in [0.29, 0.717) is 5.75 Å². The van der Waals surface area contributed by atoms with Crippen molar-refractivity contribution in [2.75, 3.05) is 5.32 Å². The summed E-state index contributed by atoms with van der Waals surface area (Å²) in [5.41, 5.74) is 5.68. The van der Waals surface area contributed by atoms with Crippen molar-refractivity contribution in [3.63, 3.8) is 0 Å². The first-order valence-electron chi connectivity index (χ1n) is 10.4. The van der Waals surface area contributed by atoms with Gasteiger partial charge in [0.15, 0.2) is 0 Å². The van der Waals surface area contributed by atoms with E-state index in [2.05, 4.69) is 56.4 Å². The van der Waals surface area contributed by atoms with Gasteiger partial charge in [0.05, 0.1) is 5.54 Å². The Balaban J connectivity index is 1.61. The fourth-order valence-corrected chi connectivity index (χ4v) is 4.47. The Morgan fingerprint density at radius 3 is 2.45 bits per heavy atom. The van der Waals surface area contributed by atoms with Gasteiger partial charge in [-0.25, -0.2) is 0 Å². The number of hydrogen-bond donors (Lipinski definition) is 3. The Morgan fingerprint density at radius 2 is 1.69 bits per heavy atom. The van der Waals surface area contributed by atoms with Crippen LogP contribution >= 0.6 is 0 Å². The van der Waals surface area contributed by atoms with Crippen molar-refractivity contribution in [2.45, 2.75) is 51.5 Å². The van der Waals surface area contributed by atoms with Crippen LogP contribution in [0, 0.1) is 0 Å². The van der Waals surface area contributed by atoms with Crippen LogP contribution in [0.1, 0.15) is 56.2 Å². The van der Waals surface area contributed by atoms with Gasteiger partial charge in [0.25, 0.3) is 0 Å². The van der Waals surface area contributed by atoms with Crippen molar-refractivity contribution in [3.05, 3.63) is 77.4 Å². The summed E-state index contributed by atoms with van der Waals surface area (Å²) in [5, 5.41) is 24.9. The molecule has 1 atom stereocenters. The summed E-state index contributed by atoms with van der Waals surface area (Å²) in [6.07, 6.45) is 3.13. The molecule has 4 rings (SSSR count). The summed E-state index contributed by atoms with van der Waals surface area (Å²) in [4.78, 5) is 0. The van der Waals surface area contributed by atoms with Crippen molar-refractivity contribution < 1.29 is 10.2 Å². The first-order valence-corrected chi connectivity index (χ1v) is 10.4. The molecule has 3 aromatic carbocycles. The molecule has 0 saturated carbocycles. The molecule has 3 nitrogen and oxygen atoms in total. The van der Waals surface area contributed by atoms with Crippen LogP contribution < -0.4 is 5.32 Å². The molecule has 3 N–H and O–H groups in total. The molecular formula is C26H29NO2. The topological polar surface area (TPSA) is 52.5 Å². The van der Waals surface area contributed by atoms with E-state index in [1.54, 1.807) is 12.1 Å². The molecule has 29 heavy (non-hydrogen) atoms. The lowest BCUT2D eigenvalue weighted by Crippen LogP contribution is -2.32. The third-order valence-corrected chi connectivity index (χ3v) is 6.08. The summed E-state index contributed by atoms with van der Waals surface area (Å²) < 4.78 is 0. The van der Waals surface area contributed by atoms with Crippen LogP contribution in [-0.4, -0.2) is 10.2 Å². The first-order chi connectivity index (χ1) is 13.9. The lowest BCUT2D eigenvalue weighted by molar-refractivity contribution is 0.458. The van der Waals surface area contributed by atoms with Gasteiger partial charge in [0.1, 0.15) is 11.5 Å². The van der Waals surface area contributed by atoms with E-state index in [1.165, 1.54) is 5.56 Å². The van der Waals surface area contributed by atoms with Gasteiger partial charge in [-0.3, -0.25) is 0 Å². The minimum atomic E-state index is -0.300. The van der Waals surface area contributed by atoms with Crippen molar-refractivity contribution in [1.29, 1.82) is 0 Å². The van der Waals surface area contributed by atoms with Gasteiger partial charge in [-0.2, -0.15) is 0 Å². The monoisotopic (exact) mass is 387 g/mol. The van der Waals surface area contributed by atoms with Gasteiger partial charge in [-0.1, -0.05) is 49.4 Å². The van der Waals surface area contributed by atoms with Gasteiger partial charge in [0, 0.05) is 16.8 Å². The lowest BCUT2D eigenvalue weighted by Gasteiger charge is -2.37. The molecule has 3 aromatic rings. The van der Waals surface area contributed by atoms with Gasteiger partial charge >= 0.3 is 0 Å². The highest BCUT2D eigenvalue weighted by Crippen LogP contribution is 2.49. The fourth-order valence-electron chi connectivity index (χ4n) is 4.47. The molecule has 1 heterocycles. The number of phenols is 2. The van der Waals surface area contributed by atoms with Gasteiger partial charge in [-0.05, 0) is 73.9 Å². The molecule has 0 amide bonds. The normalized spacial score (nSPS) is 15.1. The number of benzene rings is 3. The van der Waals surface area contributed by atoms with Crippen molar-refractivity contribution in [1.82, 2.24) is 0 Å². The molecule has 0 spiro atoms. The summed E-state index contributed by atoms with van der Waals surface area (Å²) in [7, 11) is 0. The molecule has 1 unspecified atom stereocenters. The van der Waals surface area contributed by atoms with Gasteiger partial charge in [0.2, 0.25) is 0 Å². The van der Waals surface area contributed by atoms with Crippen LogP contribution in [0.25, 0.3) is 11.1 Å². The van der Waals surface area contributed by atoms with E-state index in [0.717, 1.165) is 47.2 Å². The zero-order valence-corrected chi connectivity index (χ0v) is 17.4. The Hall–Kier alpha value is -2.94. The third-order valence-electron chi connectivity index (χ3n) is 6.08. The summed E-state index contributed by atoms with van der Waals surface area (Å²) in [5.74, 6) is 0.799. The molecule has 150 valence electrons. The number of anilines is 1. The number of nitrogens with one attached hydrogen (secondary N) is 1. The largest absolute Gasteiger partial charge is 0.508 e. The smallest absolute Gasteiger partial charge is 0.123 e. The SMILES string of the molecule is CC(CCCc1ccccc1)c1cc2c(cc1O)-c1c(O)cccc1C(C)(C)N2. The second kappa shape index (κ2) is 7.47. The first kappa shape index (κ1) is 19.4. The summed E-state index contributed by atoms with van der Waals surface area (Å²) >= 11 is 0. The van der Waals surface area contributed by atoms with Gasteiger partial charge < -0.3 is 15.5 Å². The lowest BCUT2D eigenvalue weighted by atomic mass is 9.80. The zero-order valence-electron chi connectivity index (χ0n) is 17.4. The van der Waals surface area contributed by atoms with Crippen LogP contribution in [0.4, 0.5) is 5.69 Å². The highest BCUT2D eigenvalue weighted by atomic mass is 16.3. The van der Waals surface area contributed by atoms with Crippen LogP contribution in [0.2, 0.25) is 0 Å². The molecule has 3 heteroatoms. The number of phenolic OH excluding ortho intramolecular Hbond substituents is 2. The van der Waals surface area contributed by atoms with Gasteiger partial charge in [-0.15, -0.1) is 0 Å². The van der Waals surface area contributed by atoms with Crippen LogP contribution in [0.3, 0.4) is 0 Å². The summed E-state index contributed by atoms with van der Waals surface area (Å²) in [6, 6.07) is 20.0. The van der Waals surface area contributed by atoms with Crippen molar-refractivity contribution in [3.8, 4) is 22.6 Å². The number of hydrogen-bond acceptors (Lipinski definition) is 3. The molecule has 0 fully saturated rings. The second-order valence-electron chi connectivity index (χ2n) is 8.69. The average molecular weight is 388 g/mol. The average Bonchev–Trinajstić information content (AvgIpc) is 2.69. The molecule has 0 aliphatic carbocycles.